The predicted molar refractivity (Wildman–Crippen MR) is 388 cm³/mol. The number of aliphatic hydroxyl groups is 16. The van der Waals surface area contributed by atoms with Crippen molar-refractivity contribution >= 4 is 23.7 Å². The highest BCUT2D eigenvalue weighted by molar-refractivity contribution is 5.77. The maximum absolute atomic E-state index is 13.5. The van der Waals surface area contributed by atoms with Crippen molar-refractivity contribution in [3.05, 3.63) is 12.2 Å². The minimum Gasteiger partial charge on any atom is -0.477 e. The lowest BCUT2D eigenvalue weighted by atomic mass is 9.88. The standard InChI is InChI=1S/C75H135N3O31/c1-5-7-9-11-13-15-17-19-20-21-22-24-26-28-30-32-34-36-54(89)78-46(47(86)35-33-31-29-27-25-23-18-16-14-12-10-8-6-2)43-100-71-62(95)61(94)66(53(42-83)104-71)106-72-63(96)68(58(91)50(39-80)101-72)107-70-56(77-45(4)85)60(93)65(52(41-82)103-70)105-73-64(97)69(59(92)51(40-81)102-73)109-75(74(98)99)37-48(87)55(76-44(3)84)67(108-75)57(90)49(88)38-79/h33,35,46-53,55-73,79-83,86-88,90-97H,5-32,34,36-43H2,1-4H3,(H,76,84)(H,77,85)(H,78,89)(H,98,99)/b35-33+/t46-,47+,48?,49+,50?,51?,52?,53?,55+,56?,57+,58-,59-,60+,61+,62?,63?,64?,65+,66+,67?,68-,69-,70-,71+,72-,73-,75-/m0/s1. The van der Waals surface area contributed by atoms with Crippen molar-refractivity contribution in [3.63, 3.8) is 0 Å². The van der Waals surface area contributed by atoms with Gasteiger partial charge in [-0.2, -0.15) is 0 Å². The van der Waals surface area contributed by atoms with Crippen LogP contribution >= 0.6 is 0 Å². The summed E-state index contributed by atoms with van der Waals surface area (Å²) >= 11 is 0. The molecule has 0 aliphatic carbocycles. The van der Waals surface area contributed by atoms with Crippen molar-refractivity contribution in [2.45, 2.75) is 398 Å². The Morgan fingerprint density at radius 1 is 0.477 bits per heavy atom. The summed E-state index contributed by atoms with van der Waals surface area (Å²) in [5.74, 6) is -7.31. The van der Waals surface area contributed by atoms with Gasteiger partial charge >= 0.3 is 5.97 Å². The summed E-state index contributed by atoms with van der Waals surface area (Å²) in [4.78, 5) is 51.7. The number of carboxylic acid groups (broad SMARTS) is 1. The molecule has 0 aromatic heterocycles. The number of carboxylic acids is 1. The molecule has 28 atom stereocenters. The van der Waals surface area contributed by atoms with Crippen LogP contribution in [0.5, 0.6) is 0 Å². The van der Waals surface area contributed by atoms with Crippen molar-refractivity contribution in [1.29, 1.82) is 0 Å². The molecule has 0 aromatic carbocycles. The fraction of sp³-hybridized carbons (Fsp3) is 0.920. The van der Waals surface area contributed by atoms with Crippen LogP contribution < -0.4 is 16.0 Å². The first kappa shape index (κ1) is 96.2. The average molecular weight is 1570 g/mol. The minimum absolute atomic E-state index is 0.174. The average Bonchev–Trinajstić information content (AvgIpc) is 0.758. The zero-order chi connectivity index (χ0) is 80.2. The molecule has 0 spiro atoms. The van der Waals surface area contributed by atoms with Gasteiger partial charge in [0.1, 0.15) is 116 Å². The summed E-state index contributed by atoms with van der Waals surface area (Å²) in [6.07, 6.45) is -11.8. The number of carbonyl (C=O) groups is 4. The lowest BCUT2D eigenvalue weighted by Gasteiger charge is -2.51. The van der Waals surface area contributed by atoms with E-state index in [1.807, 2.05) is 6.08 Å². The Morgan fingerprint density at radius 2 is 0.890 bits per heavy atom. The first-order valence-corrected chi connectivity index (χ1v) is 40.1. The van der Waals surface area contributed by atoms with E-state index in [-0.39, 0.29) is 12.3 Å². The third kappa shape index (κ3) is 30.3. The van der Waals surface area contributed by atoms with E-state index in [4.69, 9.17) is 47.4 Å². The molecule has 5 aliphatic rings. The van der Waals surface area contributed by atoms with E-state index in [0.29, 0.717) is 12.8 Å². The largest absolute Gasteiger partial charge is 0.477 e. The Balaban J connectivity index is 1.24. The molecular weight excluding hydrogens is 1440 g/mol. The molecule has 5 aliphatic heterocycles. The molecule has 5 rings (SSSR count). The van der Waals surface area contributed by atoms with Gasteiger partial charge in [0, 0.05) is 26.7 Å². The Kier molecular flexibility index (Phi) is 45.5. The number of nitrogens with one attached hydrogen (secondary N) is 3. The number of aliphatic hydroxyl groups excluding tert-OH is 16. The van der Waals surface area contributed by atoms with Gasteiger partial charge in [0.05, 0.1) is 63.9 Å². The number of rotatable bonds is 54. The van der Waals surface area contributed by atoms with Gasteiger partial charge in [0.2, 0.25) is 17.7 Å². The summed E-state index contributed by atoms with van der Waals surface area (Å²) in [5.41, 5.74) is 0. The van der Waals surface area contributed by atoms with Crippen molar-refractivity contribution < 1.29 is 153 Å². The van der Waals surface area contributed by atoms with Gasteiger partial charge in [-0.25, -0.2) is 4.79 Å². The summed E-state index contributed by atoms with van der Waals surface area (Å²) in [6, 6.07) is -4.60. The number of aliphatic carboxylic acids is 1. The normalized spacial score (nSPS) is 34.2. The lowest BCUT2D eigenvalue weighted by molar-refractivity contribution is -0.390. The predicted octanol–water partition coefficient (Wildman–Crippen LogP) is -0.262. The molecule has 109 heavy (non-hydrogen) atoms. The molecule has 3 amide bonds. The van der Waals surface area contributed by atoms with Crippen molar-refractivity contribution in [2.24, 2.45) is 0 Å². The molecule has 0 saturated carbocycles. The van der Waals surface area contributed by atoms with Crippen LogP contribution in [-0.4, -0.2) is 321 Å². The van der Waals surface area contributed by atoms with E-state index < -0.39 is 235 Å². The van der Waals surface area contributed by atoms with E-state index in [1.54, 1.807) is 6.08 Å². The minimum atomic E-state index is -3.19. The fourth-order valence-corrected chi connectivity index (χ4v) is 14.7. The van der Waals surface area contributed by atoms with Crippen molar-refractivity contribution in [1.82, 2.24) is 16.0 Å². The fourth-order valence-electron chi connectivity index (χ4n) is 14.7. The first-order valence-electron chi connectivity index (χ1n) is 40.1. The zero-order valence-corrected chi connectivity index (χ0v) is 64.2. The number of hydrogen-bond acceptors (Lipinski definition) is 30. The van der Waals surface area contributed by atoms with Crippen LogP contribution in [0, 0.1) is 0 Å². The van der Waals surface area contributed by atoms with Crippen LogP contribution in [0.4, 0.5) is 0 Å². The van der Waals surface area contributed by atoms with Crippen LogP contribution in [0.25, 0.3) is 0 Å². The molecule has 0 bridgehead atoms. The Hall–Kier alpha value is -3.42. The number of amides is 3. The summed E-state index contributed by atoms with van der Waals surface area (Å²) in [7, 11) is 0. The number of carbonyl (C=O) groups excluding carboxylic acids is 3. The van der Waals surface area contributed by atoms with E-state index in [9.17, 15) is 106 Å². The maximum atomic E-state index is 13.5. The molecule has 10 unspecified atom stereocenters. The quantitative estimate of drug-likeness (QED) is 0.0275. The second kappa shape index (κ2) is 51.5. The summed E-state index contributed by atoms with van der Waals surface area (Å²) < 4.78 is 58.8. The Labute approximate surface area is 640 Å². The van der Waals surface area contributed by atoms with Crippen LogP contribution in [0.15, 0.2) is 12.2 Å². The second-order valence-electron chi connectivity index (χ2n) is 30.0. The number of allylic oxidation sites excluding steroid dienone is 1. The van der Waals surface area contributed by atoms with Gasteiger partial charge in [0.15, 0.2) is 25.2 Å². The van der Waals surface area contributed by atoms with E-state index >= 15 is 0 Å². The molecule has 20 N–H and O–H groups in total. The molecule has 5 saturated heterocycles. The summed E-state index contributed by atoms with van der Waals surface area (Å²) in [6.45, 7) is 0.659. The van der Waals surface area contributed by atoms with E-state index in [2.05, 4.69) is 29.8 Å². The van der Waals surface area contributed by atoms with Crippen LogP contribution in [0.3, 0.4) is 0 Å². The molecule has 5 fully saturated rings. The SMILES string of the molecule is CCCCCCCCCCCCC/C=C/[C@@H](O)[C@H](CO[C@@H]1OC(CO)[C@@H](O[C@@H]2OC(CO)[C@H](O)[C@H](O[C@@H]3OC(CO)[C@@H](O[C@@H]4OC(CO)[C@H](O)[C@H](O[C@]5(C(=O)O)CC(O)[C@@H](NC(C)=O)C([C@H](O)[C@H](O)CO)O5)C4O)[C@H](O)C3NC(C)=O)C2O)[C@H](O)C1O)NC(=O)CCCCCCCCCCCCCCCCCCC. The third-order valence-corrected chi connectivity index (χ3v) is 21.1. The van der Waals surface area contributed by atoms with Gasteiger partial charge in [-0.15, -0.1) is 0 Å². The molecule has 34 nitrogen and oxygen atoms in total. The Morgan fingerprint density at radius 3 is 1.35 bits per heavy atom. The highest BCUT2D eigenvalue weighted by Gasteiger charge is 2.61. The molecule has 0 aromatic rings. The molecule has 0 radical (unpaired) electrons. The van der Waals surface area contributed by atoms with Crippen molar-refractivity contribution in [3.8, 4) is 0 Å². The van der Waals surface area contributed by atoms with Crippen molar-refractivity contribution in [2.75, 3.05) is 39.6 Å². The third-order valence-electron chi connectivity index (χ3n) is 21.1. The Bertz CT molecular complexity index is 2540. The molecule has 5 heterocycles. The number of ether oxygens (including phenoxy) is 10. The van der Waals surface area contributed by atoms with E-state index in [1.165, 1.54) is 122 Å². The van der Waals surface area contributed by atoms with Gasteiger partial charge in [0.25, 0.3) is 5.79 Å². The van der Waals surface area contributed by atoms with Crippen LogP contribution in [0.1, 0.15) is 227 Å². The molecular formula is C75H135N3O31. The van der Waals surface area contributed by atoms with E-state index in [0.717, 1.165) is 65.2 Å². The first-order chi connectivity index (χ1) is 52.3. The van der Waals surface area contributed by atoms with Gasteiger partial charge in [-0.05, 0) is 19.3 Å². The van der Waals surface area contributed by atoms with Gasteiger partial charge in [-0.3, -0.25) is 14.4 Å². The second-order valence-corrected chi connectivity index (χ2v) is 30.0. The number of hydrogen-bond donors (Lipinski definition) is 20. The molecule has 34 heteroatoms. The zero-order valence-electron chi connectivity index (χ0n) is 64.2. The maximum Gasteiger partial charge on any atom is 0.364 e. The highest BCUT2D eigenvalue weighted by atomic mass is 16.8. The van der Waals surface area contributed by atoms with Crippen LogP contribution in [-0.2, 0) is 66.5 Å². The topological polar surface area (TPSA) is 541 Å². The van der Waals surface area contributed by atoms with Crippen LogP contribution in [0.2, 0.25) is 0 Å². The van der Waals surface area contributed by atoms with Gasteiger partial charge < -0.3 is 150 Å². The smallest absolute Gasteiger partial charge is 0.364 e. The summed E-state index contributed by atoms with van der Waals surface area (Å²) in [5, 5.41) is 196. The molecule has 636 valence electrons. The lowest BCUT2D eigenvalue weighted by Crippen LogP contribution is -2.71. The number of unbranched alkanes of at least 4 members (excludes halogenated alkanes) is 27. The highest BCUT2D eigenvalue weighted by Crippen LogP contribution is 2.40. The monoisotopic (exact) mass is 1570 g/mol. The van der Waals surface area contributed by atoms with Gasteiger partial charge in [-0.1, -0.05) is 193 Å².